The lowest BCUT2D eigenvalue weighted by molar-refractivity contribution is -0.141. The lowest BCUT2D eigenvalue weighted by atomic mass is 10.00. The number of hydrogen-bond donors (Lipinski definition) is 1. The van der Waals surface area contributed by atoms with Gasteiger partial charge in [0.25, 0.3) is 0 Å². The van der Waals surface area contributed by atoms with Crippen LogP contribution in [0.3, 0.4) is 0 Å². The van der Waals surface area contributed by atoms with E-state index in [1.54, 1.807) is 0 Å². The highest BCUT2D eigenvalue weighted by Gasteiger charge is 2.34. The average molecular weight is 168 g/mol. The van der Waals surface area contributed by atoms with Crippen LogP contribution in [0.2, 0.25) is 0 Å². The van der Waals surface area contributed by atoms with Crippen LogP contribution in [0.1, 0.15) is 19.3 Å². The maximum absolute atomic E-state index is 11.3. The second-order valence-electron chi connectivity index (χ2n) is 3.39. The highest BCUT2D eigenvalue weighted by atomic mass is 16.2. The summed E-state index contributed by atoms with van der Waals surface area (Å²) in [4.78, 5) is 24.2. The van der Waals surface area contributed by atoms with Crippen molar-refractivity contribution in [3.63, 3.8) is 0 Å². The van der Waals surface area contributed by atoms with Crippen molar-refractivity contribution in [1.29, 1.82) is 0 Å². The molecule has 2 heterocycles. The van der Waals surface area contributed by atoms with Crippen molar-refractivity contribution >= 4 is 11.8 Å². The van der Waals surface area contributed by atoms with Crippen LogP contribution >= 0.6 is 0 Å². The molecule has 2 amide bonds. The van der Waals surface area contributed by atoms with Gasteiger partial charge in [-0.3, -0.25) is 19.8 Å². The third-order valence-corrected chi connectivity index (χ3v) is 2.53. The number of rotatable bonds is 0. The summed E-state index contributed by atoms with van der Waals surface area (Å²) in [7, 11) is 0. The van der Waals surface area contributed by atoms with E-state index >= 15 is 0 Å². The second kappa shape index (κ2) is 2.86. The van der Waals surface area contributed by atoms with E-state index in [9.17, 15) is 9.59 Å². The summed E-state index contributed by atoms with van der Waals surface area (Å²) in [6.45, 7) is 1.29. The Kier molecular flexibility index (Phi) is 1.84. The number of carbonyl (C=O) groups is 2. The normalized spacial score (nSPS) is 31.2. The molecule has 0 aromatic rings. The van der Waals surface area contributed by atoms with Crippen LogP contribution < -0.4 is 5.32 Å². The number of imide groups is 1. The number of fused-ring (bicyclic) bond motifs is 1. The first kappa shape index (κ1) is 7.73. The van der Waals surface area contributed by atoms with Crippen LogP contribution in [0.25, 0.3) is 0 Å². The Hall–Kier alpha value is -0.900. The number of piperazine rings is 1. The lowest BCUT2D eigenvalue weighted by Gasteiger charge is -2.37. The summed E-state index contributed by atoms with van der Waals surface area (Å²) < 4.78 is 0. The molecule has 0 aliphatic carbocycles. The van der Waals surface area contributed by atoms with Gasteiger partial charge in [-0.1, -0.05) is 6.42 Å². The van der Waals surface area contributed by atoms with Crippen molar-refractivity contribution < 1.29 is 9.59 Å². The van der Waals surface area contributed by atoms with E-state index in [4.69, 9.17) is 0 Å². The Morgan fingerprint density at radius 1 is 1.33 bits per heavy atom. The number of piperidine rings is 1. The van der Waals surface area contributed by atoms with Gasteiger partial charge in [0, 0.05) is 0 Å². The van der Waals surface area contributed by atoms with Crippen molar-refractivity contribution in [2.24, 2.45) is 0 Å². The Morgan fingerprint density at radius 3 is 3.00 bits per heavy atom. The van der Waals surface area contributed by atoms with Crippen LogP contribution in [-0.4, -0.2) is 35.8 Å². The van der Waals surface area contributed by atoms with Crippen molar-refractivity contribution in [2.75, 3.05) is 13.1 Å². The molecule has 12 heavy (non-hydrogen) atoms. The molecule has 2 rings (SSSR count). The Morgan fingerprint density at radius 2 is 2.17 bits per heavy atom. The van der Waals surface area contributed by atoms with E-state index in [1.165, 1.54) is 0 Å². The van der Waals surface area contributed by atoms with E-state index < -0.39 is 0 Å². The molecular formula is C8H12N2O2. The number of carbonyl (C=O) groups excluding carboxylic acids is 2. The van der Waals surface area contributed by atoms with Crippen LogP contribution in [0.5, 0.6) is 0 Å². The van der Waals surface area contributed by atoms with E-state index in [2.05, 4.69) is 5.32 Å². The Bertz CT molecular complexity index is 227. The predicted molar refractivity (Wildman–Crippen MR) is 42.4 cm³/mol. The molecule has 2 fully saturated rings. The van der Waals surface area contributed by atoms with Gasteiger partial charge in [0.15, 0.2) is 0 Å². The van der Waals surface area contributed by atoms with E-state index in [1.807, 2.05) is 4.90 Å². The monoisotopic (exact) mass is 168 g/mol. The molecule has 2 aliphatic rings. The van der Waals surface area contributed by atoms with E-state index in [-0.39, 0.29) is 17.9 Å². The molecule has 0 unspecified atom stereocenters. The Labute approximate surface area is 70.9 Å². The highest BCUT2D eigenvalue weighted by Crippen LogP contribution is 2.18. The van der Waals surface area contributed by atoms with E-state index in [0.29, 0.717) is 6.54 Å². The van der Waals surface area contributed by atoms with Gasteiger partial charge in [0.2, 0.25) is 11.8 Å². The molecule has 2 aliphatic heterocycles. The van der Waals surface area contributed by atoms with Gasteiger partial charge in [0.05, 0.1) is 12.6 Å². The lowest BCUT2D eigenvalue weighted by Crippen LogP contribution is -2.59. The van der Waals surface area contributed by atoms with Gasteiger partial charge in [0.1, 0.15) is 0 Å². The van der Waals surface area contributed by atoms with Gasteiger partial charge in [-0.15, -0.1) is 0 Å². The molecule has 0 saturated carbocycles. The number of nitrogens with one attached hydrogen (secondary N) is 1. The summed E-state index contributed by atoms with van der Waals surface area (Å²) in [5.41, 5.74) is 0. The maximum atomic E-state index is 11.3. The fourth-order valence-electron chi connectivity index (χ4n) is 1.92. The topological polar surface area (TPSA) is 49.4 Å². The SMILES string of the molecule is O=C1CN2CCCC[C@H]2C(=O)N1. The summed E-state index contributed by atoms with van der Waals surface area (Å²) in [6.07, 6.45) is 3.11. The average Bonchev–Trinajstić information content (AvgIpc) is 2.04. The summed E-state index contributed by atoms with van der Waals surface area (Å²) in [6, 6.07) is -0.0311. The second-order valence-corrected chi connectivity index (χ2v) is 3.39. The first-order valence-electron chi connectivity index (χ1n) is 4.35. The summed E-state index contributed by atoms with van der Waals surface area (Å²) in [5, 5.41) is 2.36. The third-order valence-electron chi connectivity index (χ3n) is 2.53. The number of amides is 2. The molecule has 0 aromatic heterocycles. The zero-order chi connectivity index (χ0) is 8.55. The van der Waals surface area contributed by atoms with Crippen molar-refractivity contribution in [3.05, 3.63) is 0 Å². The molecule has 1 N–H and O–H groups in total. The van der Waals surface area contributed by atoms with Gasteiger partial charge < -0.3 is 0 Å². The van der Waals surface area contributed by atoms with Crippen LogP contribution in [-0.2, 0) is 9.59 Å². The van der Waals surface area contributed by atoms with Crippen LogP contribution in [0.15, 0.2) is 0 Å². The predicted octanol–water partition coefficient (Wildman–Crippen LogP) is -0.503. The maximum Gasteiger partial charge on any atom is 0.243 e. The fraction of sp³-hybridized carbons (Fsp3) is 0.750. The van der Waals surface area contributed by atoms with Crippen molar-refractivity contribution in [2.45, 2.75) is 25.3 Å². The minimum Gasteiger partial charge on any atom is -0.294 e. The molecule has 0 bridgehead atoms. The Balaban J connectivity index is 2.11. The van der Waals surface area contributed by atoms with Crippen molar-refractivity contribution in [1.82, 2.24) is 10.2 Å². The summed E-state index contributed by atoms with van der Waals surface area (Å²) >= 11 is 0. The highest BCUT2D eigenvalue weighted by molar-refractivity contribution is 6.01. The third kappa shape index (κ3) is 1.22. The molecule has 4 nitrogen and oxygen atoms in total. The fourth-order valence-corrected chi connectivity index (χ4v) is 1.92. The van der Waals surface area contributed by atoms with Gasteiger partial charge in [-0.2, -0.15) is 0 Å². The van der Waals surface area contributed by atoms with Crippen molar-refractivity contribution in [3.8, 4) is 0 Å². The summed E-state index contributed by atoms with van der Waals surface area (Å²) in [5.74, 6) is -0.260. The largest absolute Gasteiger partial charge is 0.294 e. The minimum absolute atomic E-state index is 0.0311. The number of hydrogen-bond acceptors (Lipinski definition) is 3. The first-order chi connectivity index (χ1) is 5.77. The molecule has 66 valence electrons. The standard InChI is InChI=1S/C8H12N2O2/c11-7-5-10-4-2-1-3-6(10)8(12)9-7/h6H,1-5H2,(H,9,11,12)/t6-/m0/s1. The molecule has 0 aromatic carbocycles. The molecule has 1 atom stereocenters. The minimum atomic E-state index is -0.154. The zero-order valence-corrected chi connectivity index (χ0v) is 6.88. The quantitative estimate of drug-likeness (QED) is 0.496. The van der Waals surface area contributed by atoms with Gasteiger partial charge in [-0.05, 0) is 19.4 Å². The molecule has 4 heteroatoms. The molecule has 0 spiro atoms. The van der Waals surface area contributed by atoms with Crippen LogP contribution in [0.4, 0.5) is 0 Å². The molecule has 0 radical (unpaired) electrons. The van der Waals surface area contributed by atoms with Crippen LogP contribution in [0, 0.1) is 0 Å². The van der Waals surface area contributed by atoms with Gasteiger partial charge in [-0.25, -0.2) is 0 Å². The van der Waals surface area contributed by atoms with Gasteiger partial charge >= 0.3 is 0 Å². The zero-order valence-electron chi connectivity index (χ0n) is 6.88. The smallest absolute Gasteiger partial charge is 0.243 e. The molecular weight excluding hydrogens is 156 g/mol. The van der Waals surface area contributed by atoms with E-state index in [0.717, 1.165) is 25.8 Å². The molecule has 2 saturated heterocycles. The number of nitrogens with zero attached hydrogens (tertiary/aromatic N) is 1. The first-order valence-corrected chi connectivity index (χ1v) is 4.35.